The van der Waals surface area contributed by atoms with Gasteiger partial charge in [-0.25, -0.2) is 0 Å². The van der Waals surface area contributed by atoms with Crippen molar-refractivity contribution in [2.75, 3.05) is 13.1 Å². The van der Waals surface area contributed by atoms with Gasteiger partial charge in [-0.15, -0.1) is 0 Å². The summed E-state index contributed by atoms with van der Waals surface area (Å²) in [4.78, 5) is 2.43. The molecule has 3 rings (SSSR count). The second-order valence-corrected chi connectivity index (χ2v) is 6.16. The van der Waals surface area contributed by atoms with Gasteiger partial charge in [-0.2, -0.15) is 0 Å². The largest absolute Gasteiger partial charge is 0.385 e. The molecule has 0 amide bonds. The fraction of sp³-hybridized carbons (Fsp3) is 0.368. The molecule has 2 aromatic rings. The predicted octanol–water partition coefficient (Wildman–Crippen LogP) is 3.48. The molecule has 21 heavy (non-hydrogen) atoms. The minimum absolute atomic E-state index is 0.652. The van der Waals surface area contributed by atoms with Crippen LogP contribution in [0, 0.1) is 6.92 Å². The summed E-state index contributed by atoms with van der Waals surface area (Å²) >= 11 is 0. The molecule has 0 bridgehead atoms. The quantitative estimate of drug-likeness (QED) is 0.931. The summed E-state index contributed by atoms with van der Waals surface area (Å²) in [6.45, 7) is 4.94. The molecule has 0 aliphatic carbocycles. The number of benzene rings is 2. The highest BCUT2D eigenvalue weighted by atomic mass is 16.3. The number of aliphatic hydroxyl groups is 1. The van der Waals surface area contributed by atoms with Crippen molar-refractivity contribution in [3.05, 3.63) is 71.3 Å². The summed E-state index contributed by atoms with van der Waals surface area (Å²) in [5.41, 5.74) is 3.00. The lowest BCUT2D eigenvalue weighted by Gasteiger charge is -2.38. The van der Waals surface area contributed by atoms with Gasteiger partial charge in [0.15, 0.2) is 0 Å². The molecule has 0 radical (unpaired) electrons. The van der Waals surface area contributed by atoms with E-state index in [-0.39, 0.29) is 0 Å². The van der Waals surface area contributed by atoms with E-state index in [1.54, 1.807) is 0 Å². The van der Waals surface area contributed by atoms with Gasteiger partial charge >= 0.3 is 0 Å². The van der Waals surface area contributed by atoms with Gasteiger partial charge in [0.1, 0.15) is 0 Å². The van der Waals surface area contributed by atoms with Gasteiger partial charge < -0.3 is 5.11 Å². The van der Waals surface area contributed by atoms with Crippen LogP contribution >= 0.6 is 0 Å². The van der Waals surface area contributed by atoms with Gasteiger partial charge in [0.25, 0.3) is 0 Å². The molecular weight excluding hydrogens is 258 g/mol. The lowest BCUT2D eigenvalue weighted by Crippen LogP contribution is -2.42. The van der Waals surface area contributed by atoms with Crippen molar-refractivity contribution >= 4 is 0 Å². The van der Waals surface area contributed by atoms with E-state index < -0.39 is 5.60 Å². The molecule has 0 unspecified atom stereocenters. The van der Waals surface area contributed by atoms with Crippen LogP contribution in [0.15, 0.2) is 54.6 Å². The van der Waals surface area contributed by atoms with E-state index in [0.717, 1.165) is 38.0 Å². The summed E-state index contributed by atoms with van der Waals surface area (Å²) in [5.74, 6) is 0. The number of likely N-dealkylation sites (tertiary alicyclic amines) is 1. The summed E-state index contributed by atoms with van der Waals surface area (Å²) in [6.07, 6.45) is 1.62. The van der Waals surface area contributed by atoms with Crippen molar-refractivity contribution < 1.29 is 5.11 Å². The molecule has 2 aromatic carbocycles. The number of piperidine rings is 1. The first-order chi connectivity index (χ1) is 10.2. The van der Waals surface area contributed by atoms with E-state index in [0.29, 0.717) is 0 Å². The monoisotopic (exact) mass is 281 g/mol. The van der Waals surface area contributed by atoms with Crippen molar-refractivity contribution in [2.24, 2.45) is 0 Å². The highest BCUT2D eigenvalue weighted by molar-refractivity contribution is 5.27. The SMILES string of the molecule is Cc1ccc(C2(O)CCN(Cc3ccccc3)CC2)cc1. The first-order valence-corrected chi connectivity index (χ1v) is 7.72. The fourth-order valence-electron chi connectivity index (χ4n) is 3.08. The number of aryl methyl sites for hydroxylation is 1. The molecule has 0 atom stereocenters. The first-order valence-electron chi connectivity index (χ1n) is 7.72. The average Bonchev–Trinajstić information content (AvgIpc) is 2.51. The molecule has 110 valence electrons. The average molecular weight is 281 g/mol. The molecule has 1 heterocycles. The molecule has 0 saturated carbocycles. The Balaban J connectivity index is 1.63. The zero-order valence-electron chi connectivity index (χ0n) is 12.6. The Labute approximate surface area is 127 Å². The van der Waals surface area contributed by atoms with E-state index in [2.05, 4.69) is 66.4 Å². The Hall–Kier alpha value is -1.64. The molecule has 0 spiro atoms. The van der Waals surface area contributed by atoms with Crippen LogP contribution < -0.4 is 0 Å². The Kier molecular flexibility index (Phi) is 4.09. The number of hydrogen-bond acceptors (Lipinski definition) is 2. The Morgan fingerprint density at radius 3 is 2.19 bits per heavy atom. The van der Waals surface area contributed by atoms with Gasteiger partial charge in [0.2, 0.25) is 0 Å². The van der Waals surface area contributed by atoms with Crippen LogP contribution in [0.1, 0.15) is 29.5 Å². The summed E-state index contributed by atoms with van der Waals surface area (Å²) in [7, 11) is 0. The van der Waals surface area contributed by atoms with E-state index in [1.165, 1.54) is 11.1 Å². The van der Waals surface area contributed by atoms with Gasteiger partial charge in [0, 0.05) is 19.6 Å². The maximum atomic E-state index is 10.9. The van der Waals surface area contributed by atoms with Crippen LogP contribution in [0.3, 0.4) is 0 Å². The topological polar surface area (TPSA) is 23.5 Å². The zero-order valence-corrected chi connectivity index (χ0v) is 12.6. The lowest BCUT2D eigenvalue weighted by atomic mass is 9.84. The number of hydrogen-bond donors (Lipinski definition) is 1. The van der Waals surface area contributed by atoms with E-state index in [4.69, 9.17) is 0 Å². The van der Waals surface area contributed by atoms with Gasteiger partial charge in [0.05, 0.1) is 5.60 Å². The van der Waals surface area contributed by atoms with Crippen LogP contribution in [0.4, 0.5) is 0 Å². The Bertz CT molecular complexity index is 568. The smallest absolute Gasteiger partial charge is 0.0920 e. The molecule has 0 aromatic heterocycles. The minimum atomic E-state index is -0.652. The second-order valence-electron chi connectivity index (χ2n) is 6.16. The summed E-state index contributed by atoms with van der Waals surface area (Å²) in [6, 6.07) is 18.9. The van der Waals surface area contributed by atoms with E-state index in [9.17, 15) is 5.11 Å². The van der Waals surface area contributed by atoms with Crippen molar-refractivity contribution in [3.63, 3.8) is 0 Å². The predicted molar refractivity (Wildman–Crippen MR) is 86.0 cm³/mol. The second kappa shape index (κ2) is 6.00. The third-order valence-electron chi connectivity index (χ3n) is 4.52. The van der Waals surface area contributed by atoms with Crippen LogP contribution in [0.25, 0.3) is 0 Å². The maximum Gasteiger partial charge on any atom is 0.0920 e. The Morgan fingerprint density at radius 1 is 0.952 bits per heavy atom. The number of nitrogens with zero attached hydrogens (tertiary/aromatic N) is 1. The van der Waals surface area contributed by atoms with Gasteiger partial charge in [-0.05, 0) is 30.9 Å². The molecule has 1 aliphatic rings. The molecule has 2 nitrogen and oxygen atoms in total. The van der Waals surface area contributed by atoms with E-state index >= 15 is 0 Å². The third kappa shape index (κ3) is 3.34. The molecule has 1 fully saturated rings. The number of rotatable bonds is 3. The molecule has 1 saturated heterocycles. The molecular formula is C19H23NO. The molecule has 1 aliphatic heterocycles. The normalized spacial score (nSPS) is 18.6. The fourth-order valence-corrected chi connectivity index (χ4v) is 3.08. The lowest BCUT2D eigenvalue weighted by molar-refractivity contribution is -0.0277. The maximum absolute atomic E-state index is 10.9. The summed E-state index contributed by atoms with van der Waals surface area (Å²) in [5, 5.41) is 10.9. The standard InChI is InChI=1S/C19H23NO/c1-16-7-9-18(10-8-16)19(21)11-13-20(14-12-19)15-17-5-3-2-4-6-17/h2-10,21H,11-15H2,1H3. The van der Waals surface area contributed by atoms with Crippen molar-refractivity contribution in [1.82, 2.24) is 4.90 Å². The Morgan fingerprint density at radius 2 is 1.57 bits per heavy atom. The minimum Gasteiger partial charge on any atom is -0.385 e. The highest BCUT2D eigenvalue weighted by Gasteiger charge is 2.33. The van der Waals surface area contributed by atoms with Crippen molar-refractivity contribution in [3.8, 4) is 0 Å². The summed E-state index contributed by atoms with van der Waals surface area (Å²) < 4.78 is 0. The van der Waals surface area contributed by atoms with Crippen LogP contribution in [0.5, 0.6) is 0 Å². The van der Waals surface area contributed by atoms with Crippen LogP contribution in [0.2, 0.25) is 0 Å². The van der Waals surface area contributed by atoms with Crippen LogP contribution in [-0.2, 0) is 12.1 Å². The van der Waals surface area contributed by atoms with Gasteiger partial charge in [-0.3, -0.25) is 4.90 Å². The zero-order chi connectivity index (χ0) is 14.7. The van der Waals surface area contributed by atoms with Crippen molar-refractivity contribution in [2.45, 2.75) is 31.9 Å². The van der Waals surface area contributed by atoms with Gasteiger partial charge in [-0.1, -0.05) is 60.2 Å². The molecule has 1 N–H and O–H groups in total. The van der Waals surface area contributed by atoms with E-state index in [1.807, 2.05) is 0 Å². The molecule has 2 heteroatoms. The third-order valence-corrected chi connectivity index (χ3v) is 4.52. The van der Waals surface area contributed by atoms with Crippen molar-refractivity contribution in [1.29, 1.82) is 0 Å². The highest BCUT2D eigenvalue weighted by Crippen LogP contribution is 2.33. The first kappa shape index (κ1) is 14.3. The van der Waals surface area contributed by atoms with Crippen LogP contribution in [-0.4, -0.2) is 23.1 Å².